The molecule has 1 N–H and O–H groups in total. The number of ether oxygens (including phenoxy) is 2. The van der Waals surface area contributed by atoms with E-state index in [0.717, 1.165) is 23.8 Å². The number of nitro benzene ring substituents is 1. The number of amides is 3. The van der Waals surface area contributed by atoms with Crippen LogP contribution in [0.3, 0.4) is 0 Å². The van der Waals surface area contributed by atoms with Gasteiger partial charge in [-0.15, -0.1) is 0 Å². The van der Waals surface area contributed by atoms with Crippen LogP contribution >= 0.6 is 11.8 Å². The maximum Gasteiger partial charge on any atom is 0.294 e. The Kier molecular flexibility index (Phi) is 8.38. The van der Waals surface area contributed by atoms with Crippen molar-refractivity contribution in [2.24, 2.45) is 0 Å². The molecule has 0 aromatic heterocycles. The van der Waals surface area contributed by atoms with Gasteiger partial charge in [0.2, 0.25) is 5.91 Å². The molecule has 0 aliphatic carbocycles. The molecule has 1 aliphatic rings. The van der Waals surface area contributed by atoms with Crippen molar-refractivity contribution in [3.05, 3.63) is 98.2 Å². The number of methoxy groups -OCH3 is 1. The number of carbonyl (C=O) groups excluding carboxylic acids is 3. The number of imide groups is 1. The maximum absolute atomic E-state index is 13.9. The van der Waals surface area contributed by atoms with Gasteiger partial charge in [-0.05, 0) is 41.6 Å². The molecule has 0 unspecified atom stereocenters. The highest BCUT2D eigenvalue weighted by molar-refractivity contribution is 8.18. The van der Waals surface area contributed by atoms with Crippen molar-refractivity contribution in [3.8, 4) is 11.5 Å². The fraction of sp³-hybridized carbons (Fsp3) is 0.115. The van der Waals surface area contributed by atoms with Crippen molar-refractivity contribution in [2.75, 3.05) is 19.0 Å². The minimum atomic E-state index is -1.81. The molecule has 3 aromatic carbocycles. The molecule has 4 rings (SSSR count). The number of hydrogen-bond acceptors (Lipinski definition) is 8. The first-order chi connectivity index (χ1) is 19.1. The second-order valence-electron chi connectivity index (χ2n) is 8.13. The van der Waals surface area contributed by atoms with E-state index in [1.165, 1.54) is 13.2 Å². The van der Waals surface area contributed by atoms with Gasteiger partial charge in [0, 0.05) is 0 Å². The summed E-state index contributed by atoms with van der Waals surface area (Å²) in [5.74, 6) is -6.74. The first-order valence-electron chi connectivity index (χ1n) is 11.3. The Morgan fingerprint density at radius 1 is 1.07 bits per heavy atom. The van der Waals surface area contributed by atoms with Gasteiger partial charge in [-0.1, -0.05) is 30.3 Å². The molecule has 0 spiro atoms. The summed E-state index contributed by atoms with van der Waals surface area (Å²) in [4.78, 5) is 49.0. The number of hydrogen-bond donors (Lipinski definition) is 1. The number of rotatable bonds is 9. The van der Waals surface area contributed by atoms with Crippen molar-refractivity contribution in [2.45, 2.75) is 6.61 Å². The monoisotopic (exact) mass is 573 g/mol. The number of nitrogens with one attached hydrogen (secondary N) is 1. The molecule has 10 nitrogen and oxygen atoms in total. The Labute approximate surface area is 228 Å². The van der Waals surface area contributed by atoms with E-state index in [2.05, 4.69) is 0 Å². The van der Waals surface area contributed by atoms with Gasteiger partial charge in [-0.3, -0.25) is 29.4 Å². The van der Waals surface area contributed by atoms with E-state index in [0.29, 0.717) is 22.7 Å². The standard InChI is InChI=1S/C26H18F3N3O7S/c1-38-19-9-15(18(32(36)37)11-20(19)39-13-14-5-3-2-4-6-14)10-21-25(34)31(26(35)40-21)12-22(33)30-17-8-7-16(27)23(28)24(17)29/h2-11H,12-13H2,1H3,(H,30,33)/b21-10+. The van der Waals surface area contributed by atoms with E-state index in [-0.39, 0.29) is 28.6 Å². The lowest BCUT2D eigenvalue weighted by atomic mass is 10.1. The smallest absolute Gasteiger partial charge is 0.294 e. The number of nitro groups is 1. The molecule has 0 atom stereocenters. The summed E-state index contributed by atoms with van der Waals surface area (Å²) < 4.78 is 51.4. The lowest BCUT2D eigenvalue weighted by Gasteiger charge is -2.13. The van der Waals surface area contributed by atoms with Gasteiger partial charge in [-0.2, -0.15) is 0 Å². The van der Waals surface area contributed by atoms with Gasteiger partial charge in [0.15, 0.2) is 29.0 Å². The third kappa shape index (κ3) is 6.07. The zero-order valence-corrected chi connectivity index (χ0v) is 21.3. The van der Waals surface area contributed by atoms with Gasteiger partial charge in [0.05, 0.1) is 34.3 Å². The van der Waals surface area contributed by atoms with E-state index >= 15 is 0 Å². The third-order valence-electron chi connectivity index (χ3n) is 5.52. The quantitative estimate of drug-likeness (QED) is 0.159. The molecule has 1 saturated heterocycles. The molecule has 0 saturated carbocycles. The summed E-state index contributed by atoms with van der Waals surface area (Å²) in [5.41, 5.74) is -0.403. The number of nitrogens with zero attached hydrogens (tertiary/aromatic N) is 2. The van der Waals surface area contributed by atoms with Crippen LogP contribution in [-0.2, 0) is 16.2 Å². The summed E-state index contributed by atoms with van der Waals surface area (Å²) in [6.45, 7) is -0.777. The second kappa shape index (κ2) is 11.9. The van der Waals surface area contributed by atoms with E-state index < -0.39 is 57.3 Å². The second-order valence-corrected chi connectivity index (χ2v) is 9.13. The van der Waals surface area contributed by atoms with Gasteiger partial charge in [0.1, 0.15) is 13.2 Å². The maximum atomic E-state index is 13.9. The average Bonchev–Trinajstić information content (AvgIpc) is 3.19. The van der Waals surface area contributed by atoms with Crippen LogP contribution in [0.2, 0.25) is 0 Å². The Balaban J connectivity index is 1.54. The van der Waals surface area contributed by atoms with Crippen LogP contribution in [0.4, 0.5) is 29.3 Å². The van der Waals surface area contributed by atoms with Crippen LogP contribution < -0.4 is 14.8 Å². The summed E-state index contributed by atoms with van der Waals surface area (Å²) >= 11 is 0.418. The number of halogens is 3. The zero-order valence-electron chi connectivity index (χ0n) is 20.5. The molecule has 1 fully saturated rings. The number of benzene rings is 3. The van der Waals surface area contributed by atoms with Gasteiger partial charge in [0.25, 0.3) is 16.8 Å². The molecular formula is C26H18F3N3O7S. The van der Waals surface area contributed by atoms with Crippen molar-refractivity contribution >= 4 is 46.3 Å². The normalized spacial score (nSPS) is 14.0. The minimum Gasteiger partial charge on any atom is -0.493 e. The molecular weight excluding hydrogens is 555 g/mol. The van der Waals surface area contributed by atoms with Crippen LogP contribution in [-0.4, -0.2) is 40.5 Å². The highest BCUT2D eigenvalue weighted by Crippen LogP contribution is 2.39. The summed E-state index contributed by atoms with van der Waals surface area (Å²) in [6, 6.07) is 12.8. The first kappa shape index (κ1) is 28.2. The highest BCUT2D eigenvalue weighted by atomic mass is 32.2. The Hall–Kier alpha value is -4.85. The van der Waals surface area contributed by atoms with Crippen LogP contribution in [0.1, 0.15) is 11.1 Å². The molecule has 40 heavy (non-hydrogen) atoms. The Bertz CT molecular complexity index is 1550. The van der Waals surface area contributed by atoms with Crippen molar-refractivity contribution in [1.29, 1.82) is 0 Å². The number of anilines is 1. The SMILES string of the molecule is COc1cc(/C=C2/SC(=O)N(CC(=O)Nc3ccc(F)c(F)c3F)C2=O)c([N+](=O)[O-])cc1OCc1ccccc1. The Morgan fingerprint density at radius 2 is 1.80 bits per heavy atom. The zero-order chi connectivity index (χ0) is 29.0. The fourth-order valence-corrected chi connectivity index (χ4v) is 4.41. The topological polar surface area (TPSA) is 128 Å². The van der Waals surface area contributed by atoms with Gasteiger partial charge < -0.3 is 14.8 Å². The van der Waals surface area contributed by atoms with E-state index in [9.17, 15) is 37.7 Å². The van der Waals surface area contributed by atoms with Crippen molar-refractivity contribution in [3.63, 3.8) is 0 Å². The first-order valence-corrected chi connectivity index (χ1v) is 12.1. The van der Waals surface area contributed by atoms with Gasteiger partial charge >= 0.3 is 0 Å². The lowest BCUT2D eigenvalue weighted by Crippen LogP contribution is -2.36. The number of thioether (sulfide) groups is 1. The molecule has 0 bridgehead atoms. The van der Waals surface area contributed by atoms with E-state index in [1.807, 2.05) is 11.4 Å². The number of carbonyl (C=O) groups is 3. The van der Waals surface area contributed by atoms with Crippen molar-refractivity contribution < 1.29 is 42.0 Å². The fourth-order valence-electron chi connectivity index (χ4n) is 3.58. The van der Waals surface area contributed by atoms with Crippen LogP contribution in [0.25, 0.3) is 6.08 Å². The predicted molar refractivity (Wildman–Crippen MR) is 138 cm³/mol. The minimum absolute atomic E-state index is 0.0736. The third-order valence-corrected chi connectivity index (χ3v) is 6.43. The van der Waals surface area contributed by atoms with E-state index in [1.54, 1.807) is 24.3 Å². The highest BCUT2D eigenvalue weighted by Gasteiger charge is 2.37. The van der Waals surface area contributed by atoms with Crippen LogP contribution in [0.5, 0.6) is 11.5 Å². The predicted octanol–water partition coefficient (Wildman–Crippen LogP) is 5.27. The lowest BCUT2D eigenvalue weighted by molar-refractivity contribution is -0.385. The molecule has 0 radical (unpaired) electrons. The molecule has 1 heterocycles. The largest absolute Gasteiger partial charge is 0.493 e. The van der Waals surface area contributed by atoms with Crippen LogP contribution in [0, 0.1) is 27.6 Å². The molecule has 3 aromatic rings. The molecule has 1 aliphatic heterocycles. The Morgan fingerprint density at radius 3 is 2.48 bits per heavy atom. The average molecular weight is 574 g/mol. The molecule has 14 heteroatoms. The van der Waals surface area contributed by atoms with Crippen molar-refractivity contribution in [1.82, 2.24) is 4.90 Å². The summed E-state index contributed by atoms with van der Waals surface area (Å²) in [7, 11) is 1.32. The van der Waals surface area contributed by atoms with Gasteiger partial charge in [-0.25, -0.2) is 13.2 Å². The summed E-state index contributed by atoms with van der Waals surface area (Å²) in [6.07, 6.45) is 1.10. The summed E-state index contributed by atoms with van der Waals surface area (Å²) in [5, 5.41) is 12.9. The molecule has 3 amide bonds. The molecule has 206 valence electrons. The van der Waals surface area contributed by atoms with Crippen LogP contribution in [0.15, 0.2) is 59.5 Å². The van der Waals surface area contributed by atoms with E-state index in [4.69, 9.17) is 9.47 Å².